The zero-order valence-electron chi connectivity index (χ0n) is 14.1. The maximum absolute atomic E-state index is 12.8. The summed E-state index contributed by atoms with van der Waals surface area (Å²) in [7, 11) is 0. The van der Waals surface area contributed by atoms with Crippen molar-refractivity contribution < 1.29 is 9.48 Å². The van der Waals surface area contributed by atoms with Crippen molar-refractivity contribution in [2.24, 2.45) is 0 Å². The van der Waals surface area contributed by atoms with Gasteiger partial charge in [0, 0.05) is 5.69 Å². The van der Waals surface area contributed by atoms with Crippen LogP contribution in [0.15, 0.2) is 65.5 Å². The second-order valence-corrected chi connectivity index (χ2v) is 5.75. The minimum Gasteiger partial charge on any atom is -0.319 e. The van der Waals surface area contributed by atoms with Gasteiger partial charge in [-0.05, 0) is 30.7 Å². The summed E-state index contributed by atoms with van der Waals surface area (Å²) >= 11 is 0. The van der Waals surface area contributed by atoms with Crippen molar-refractivity contribution in [1.82, 2.24) is 9.90 Å². The molecule has 0 unspecified atom stereocenters. The van der Waals surface area contributed by atoms with E-state index in [1.165, 1.54) is 4.68 Å². The maximum atomic E-state index is 12.8. The smallest absolute Gasteiger partial charge is 0.319 e. The third kappa shape index (κ3) is 3.68. The number of anilines is 1. The van der Waals surface area contributed by atoms with Gasteiger partial charge in [0.1, 0.15) is 6.54 Å². The number of carbonyl (C=O) groups is 1. The number of nitrogens with one attached hydrogen (secondary N) is 2. The molecule has 0 saturated carbocycles. The summed E-state index contributed by atoms with van der Waals surface area (Å²) in [5.41, 5.74) is 1.08. The first-order chi connectivity index (χ1) is 12.2. The molecule has 0 bridgehead atoms. The number of benzene rings is 2. The molecule has 2 aromatic carbocycles. The number of aromatic amines is 1. The lowest BCUT2D eigenvalue weighted by Gasteiger charge is -2.02. The van der Waals surface area contributed by atoms with E-state index in [2.05, 4.69) is 17.5 Å². The van der Waals surface area contributed by atoms with Crippen LogP contribution in [-0.4, -0.2) is 15.8 Å². The Morgan fingerprint density at radius 3 is 2.36 bits per heavy atom. The van der Waals surface area contributed by atoms with Gasteiger partial charge < -0.3 is 5.32 Å². The van der Waals surface area contributed by atoms with Crippen molar-refractivity contribution in [1.29, 1.82) is 0 Å². The summed E-state index contributed by atoms with van der Waals surface area (Å²) in [6.07, 6.45) is 1.83. The fourth-order valence-electron chi connectivity index (χ4n) is 2.60. The van der Waals surface area contributed by atoms with Gasteiger partial charge in [0.2, 0.25) is 0 Å². The van der Waals surface area contributed by atoms with E-state index in [0.29, 0.717) is 17.9 Å². The van der Waals surface area contributed by atoms with E-state index in [9.17, 15) is 9.59 Å². The average Bonchev–Trinajstić information content (AvgIpc) is 2.98. The van der Waals surface area contributed by atoms with E-state index < -0.39 is 5.91 Å². The van der Waals surface area contributed by atoms with Gasteiger partial charge in [-0.2, -0.15) is 0 Å². The Morgan fingerprint density at radius 1 is 1.08 bits per heavy atom. The number of carbonyl (C=O) groups excluding carboxylic acids is 1. The molecule has 3 rings (SSSR count). The van der Waals surface area contributed by atoms with E-state index in [1.54, 1.807) is 16.8 Å². The second kappa shape index (κ2) is 7.61. The molecule has 2 N–H and O–H groups in total. The normalized spacial score (nSPS) is 10.6. The molecule has 0 aliphatic rings. The molecule has 0 saturated heterocycles. The molecule has 0 aliphatic carbocycles. The lowest BCUT2D eigenvalue weighted by atomic mass is 10.3. The van der Waals surface area contributed by atoms with Crippen LogP contribution in [0.5, 0.6) is 0 Å². The van der Waals surface area contributed by atoms with E-state index in [4.69, 9.17) is 0 Å². The van der Waals surface area contributed by atoms with Crippen LogP contribution in [0.2, 0.25) is 0 Å². The number of para-hydroxylation sites is 2. The molecule has 128 valence electrons. The van der Waals surface area contributed by atoms with Crippen LogP contribution in [0.1, 0.15) is 30.3 Å². The molecular weight excluding hydrogens is 316 g/mol. The highest BCUT2D eigenvalue weighted by molar-refractivity contribution is 6.01. The summed E-state index contributed by atoms with van der Waals surface area (Å²) in [5, 5.41) is 5.82. The molecule has 1 heterocycles. The Morgan fingerprint density at radius 2 is 1.72 bits per heavy atom. The van der Waals surface area contributed by atoms with Crippen molar-refractivity contribution in [3.8, 4) is 5.69 Å². The monoisotopic (exact) mass is 337 g/mol. The topological polar surface area (TPSA) is 70.8 Å². The summed E-state index contributed by atoms with van der Waals surface area (Å²) in [4.78, 5) is 25.5. The van der Waals surface area contributed by atoms with Gasteiger partial charge in [-0.25, -0.2) is 4.79 Å². The Balaban J connectivity index is 2.00. The third-order valence-electron chi connectivity index (χ3n) is 3.89. The zero-order valence-corrected chi connectivity index (χ0v) is 14.1. The molecule has 6 nitrogen and oxygen atoms in total. The first kappa shape index (κ1) is 16.7. The van der Waals surface area contributed by atoms with Crippen LogP contribution in [0.25, 0.3) is 5.69 Å². The highest BCUT2D eigenvalue weighted by atomic mass is 16.2. The average molecular weight is 337 g/mol. The number of aryl methyl sites for hydroxylation is 1. The van der Waals surface area contributed by atoms with Gasteiger partial charge in [0.25, 0.3) is 0 Å². The Kier molecular flexibility index (Phi) is 5.09. The molecule has 25 heavy (non-hydrogen) atoms. The van der Waals surface area contributed by atoms with E-state index in [-0.39, 0.29) is 11.3 Å². The van der Waals surface area contributed by atoms with Crippen LogP contribution in [-0.2, 0) is 6.54 Å². The Hall–Kier alpha value is -3.15. The minimum absolute atomic E-state index is 0.0983. The fraction of sp³-hybridized carbons (Fsp3) is 0.211. The lowest BCUT2D eigenvalue weighted by molar-refractivity contribution is -0.756. The number of hydrogen-bond donors (Lipinski definition) is 2. The maximum Gasteiger partial charge on any atom is 0.411 e. The van der Waals surface area contributed by atoms with Gasteiger partial charge in [-0.3, -0.25) is 4.79 Å². The fourth-order valence-corrected chi connectivity index (χ4v) is 2.60. The first-order valence-corrected chi connectivity index (χ1v) is 8.37. The van der Waals surface area contributed by atoms with Crippen LogP contribution in [0, 0.1) is 0 Å². The quantitative estimate of drug-likeness (QED) is 0.679. The number of H-pyrrole nitrogens is 1. The summed E-state index contributed by atoms with van der Waals surface area (Å²) < 4.78 is 3.02. The number of amides is 1. The SMILES string of the molecule is CCCC[n+]1[nH]n(-c2ccccc2)c(=O)c1C(=O)Nc1ccccc1. The number of rotatable bonds is 6. The van der Waals surface area contributed by atoms with Crippen molar-refractivity contribution in [3.63, 3.8) is 0 Å². The van der Waals surface area contributed by atoms with E-state index >= 15 is 0 Å². The molecule has 1 aromatic heterocycles. The van der Waals surface area contributed by atoms with Gasteiger partial charge >= 0.3 is 17.2 Å². The molecule has 6 heteroatoms. The molecule has 1 amide bonds. The molecule has 0 aliphatic heterocycles. The highest BCUT2D eigenvalue weighted by Crippen LogP contribution is 2.07. The van der Waals surface area contributed by atoms with Gasteiger partial charge in [0.15, 0.2) is 5.69 Å². The first-order valence-electron chi connectivity index (χ1n) is 8.37. The number of nitrogens with zero attached hydrogens (tertiary/aromatic N) is 2. The van der Waals surface area contributed by atoms with Crippen LogP contribution >= 0.6 is 0 Å². The predicted molar refractivity (Wildman–Crippen MR) is 95.9 cm³/mol. The van der Waals surface area contributed by atoms with Gasteiger partial charge in [0.05, 0.1) is 0 Å². The van der Waals surface area contributed by atoms with Crippen LogP contribution in [0.3, 0.4) is 0 Å². The molecule has 0 atom stereocenters. The number of aromatic nitrogens is 3. The number of unbranched alkanes of at least 4 members (excludes halogenated alkanes) is 1. The van der Waals surface area contributed by atoms with Crippen molar-refractivity contribution in [2.75, 3.05) is 5.32 Å². The predicted octanol–water partition coefficient (Wildman–Crippen LogP) is 2.51. The summed E-state index contributed by atoms with van der Waals surface area (Å²) in [6.45, 7) is 2.64. The largest absolute Gasteiger partial charge is 0.411 e. The molecule has 0 spiro atoms. The van der Waals surface area contributed by atoms with E-state index in [0.717, 1.165) is 12.8 Å². The Bertz CT molecular complexity index is 898. The minimum atomic E-state index is -0.418. The summed E-state index contributed by atoms with van der Waals surface area (Å²) in [5.74, 6) is -0.418. The summed E-state index contributed by atoms with van der Waals surface area (Å²) in [6, 6.07) is 18.3. The molecule has 3 aromatic rings. The third-order valence-corrected chi connectivity index (χ3v) is 3.89. The van der Waals surface area contributed by atoms with Gasteiger partial charge in [-0.1, -0.05) is 59.6 Å². The van der Waals surface area contributed by atoms with Crippen molar-refractivity contribution in [2.45, 2.75) is 26.3 Å². The Labute approximate surface area is 145 Å². The van der Waals surface area contributed by atoms with E-state index in [1.807, 2.05) is 48.5 Å². The highest BCUT2D eigenvalue weighted by Gasteiger charge is 2.28. The molecule has 0 radical (unpaired) electrons. The zero-order chi connectivity index (χ0) is 17.6. The molecular formula is C19H21N4O2+. The van der Waals surface area contributed by atoms with Crippen molar-refractivity contribution in [3.05, 3.63) is 76.7 Å². The number of hydrogen-bond acceptors (Lipinski definition) is 2. The lowest BCUT2D eigenvalue weighted by Crippen LogP contribution is -2.45. The standard InChI is InChI=1S/C19H20N4O2/c1-2-3-14-22-17(18(24)20-15-10-6-4-7-11-15)19(25)23(21-22)16-12-8-5-9-13-16/h4-13H,2-3,14H2,1H3,(H-,20,21,24,25)/p+1. The molecule has 0 fully saturated rings. The van der Waals surface area contributed by atoms with Crippen molar-refractivity contribution >= 4 is 11.6 Å². The second-order valence-electron chi connectivity index (χ2n) is 5.75. The van der Waals surface area contributed by atoms with Gasteiger partial charge in [-0.15, -0.1) is 4.68 Å². The van der Waals surface area contributed by atoms with Crippen LogP contribution in [0.4, 0.5) is 5.69 Å². The van der Waals surface area contributed by atoms with Crippen LogP contribution < -0.4 is 15.6 Å².